The molecule has 0 aliphatic rings. The third kappa shape index (κ3) is 1.72. The fraction of sp³-hybridized carbons (Fsp3) is 0.250. The quantitative estimate of drug-likeness (QED) is 0.671. The van der Waals surface area contributed by atoms with E-state index in [2.05, 4.69) is 11.1 Å². The van der Waals surface area contributed by atoms with Crippen LogP contribution in [0.3, 0.4) is 0 Å². The van der Waals surface area contributed by atoms with Gasteiger partial charge < -0.3 is 10.6 Å². The van der Waals surface area contributed by atoms with Crippen LogP contribution < -0.4 is 10.6 Å². The van der Waals surface area contributed by atoms with Gasteiger partial charge in [0, 0.05) is 32.0 Å². The third-order valence-electron chi connectivity index (χ3n) is 1.40. The lowest BCUT2D eigenvalue weighted by molar-refractivity contribution is 0.0995. The maximum absolute atomic E-state index is 10.7. The molecule has 1 heterocycles. The van der Waals surface area contributed by atoms with Crippen LogP contribution in [0.1, 0.15) is 10.5 Å². The second-order valence-electron chi connectivity index (χ2n) is 2.56. The Bertz CT molecular complexity index is 296. The van der Waals surface area contributed by atoms with Crippen LogP contribution in [0.25, 0.3) is 0 Å². The first-order chi connectivity index (χ1) is 5.61. The molecule has 1 rings (SSSR count). The standard InChI is InChI=1S/C8H10N3O/c1-11(2)6-3-4-10-7(5-6)8(9)12/h3-4H,1-2H3,(H2,9,12). The van der Waals surface area contributed by atoms with Gasteiger partial charge in [-0.25, -0.2) is 0 Å². The number of amides is 1. The van der Waals surface area contributed by atoms with Gasteiger partial charge in [0.25, 0.3) is 5.91 Å². The molecular formula is C8H10N3O. The van der Waals surface area contributed by atoms with Crippen LogP contribution in [-0.4, -0.2) is 25.0 Å². The first kappa shape index (κ1) is 8.52. The molecule has 0 bridgehead atoms. The Morgan fingerprint density at radius 3 is 2.83 bits per heavy atom. The van der Waals surface area contributed by atoms with Crippen LogP contribution in [0.2, 0.25) is 0 Å². The molecule has 12 heavy (non-hydrogen) atoms. The largest absolute Gasteiger partial charge is 0.377 e. The van der Waals surface area contributed by atoms with Crippen molar-refractivity contribution in [2.45, 2.75) is 0 Å². The smallest absolute Gasteiger partial charge is 0.268 e. The summed E-state index contributed by atoms with van der Waals surface area (Å²) in [6.07, 6.45) is 1.53. The topological polar surface area (TPSA) is 59.2 Å². The predicted octanol–water partition coefficient (Wildman–Crippen LogP) is 0.0467. The normalized spacial score (nSPS) is 9.50. The zero-order valence-electron chi connectivity index (χ0n) is 7.03. The first-order valence-electron chi connectivity index (χ1n) is 3.46. The van der Waals surface area contributed by atoms with Crippen molar-refractivity contribution >= 4 is 11.6 Å². The molecule has 0 fully saturated rings. The van der Waals surface area contributed by atoms with Crippen molar-refractivity contribution in [3.8, 4) is 0 Å². The third-order valence-corrected chi connectivity index (χ3v) is 1.40. The summed E-state index contributed by atoms with van der Waals surface area (Å²) in [5.41, 5.74) is 5.99. The van der Waals surface area contributed by atoms with Crippen LogP contribution in [-0.2, 0) is 0 Å². The van der Waals surface area contributed by atoms with E-state index in [-0.39, 0.29) is 5.69 Å². The van der Waals surface area contributed by atoms with Gasteiger partial charge in [-0.1, -0.05) is 0 Å². The van der Waals surface area contributed by atoms with Crippen LogP contribution in [0.5, 0.6) is 0 Å². The van der Waals surface area contributed by atoms with Gasteiger partial charge in [-0.2, -0.15) is 0 Å². The van der Waals surface area contributed by atoms with Gasteiger partial charge in [-0.05, 0) is 6.07 Å². The Kier molecular flexibility index (Phi) is 2.28. The van der Waals surface area contributed by atoms with Crippen molar-refractivity contribution in [2.24, 2.45) is 5.73 Å². The Labute approximate surface area is 71.0 Å². The number of rotatable bonds is 2. The minimum absolute atomic E-state index is 0.168. The summed E-state index contributed by atoms with van der Waals surface area (Å²) in [6.45, 7) is 0. The van der Waals surface area contributed by atoms with Crippen LogP contribution in [0.4, 0.5) is 5.69 Å². The summed E-state index contributed by atoms with van der Waals surface area (Å²) in [6, 6.07) is 4.54. The Hall–Kier alpha value is -1.58. The van der Waals surface area contributed by atoms with Gasteiger partial charge in [-0.3, -0.25) is 9.78 Å². The van der Waals surface area contributed by atoms with E-state index in [0.29, 0.717) is 0 Å². The highest BCUT2D eigenvalue weighted by Crippen LogP contribution is 2.08. The van der Waals surface area contributed by atoms with E-state index in [0.717, 1.165) is 5.69 Å². The number of primary amides is 1. The van der Waals surface area contributed by atoms with Crippen molar-refractivity contribution in [2.75, 3.05) is 19.0 Å². The van der Waals surface area contributed by atoms with Crippen molar-refractivity contribution in [3.05, 3.63) is 24.0 Å². The molecule has 1 radical (unpaired) electrons. The summed E-state index contributed by atoms with van der Waals surface area (Å²) < 4.78 is 0. The van der Waals surface area contributed by atoms with Crippen molar-refractivity contribution in [1.82, 2.24) is 4.98 Å². The van der Waals surface area contributed by atoms with E-state index >= 15 is 0 Å². The van der Waals surface area contributed by atoms with Crippen molar-refractivity contribution in [3.63, 3.8) is 0 Å². The number of aromatic nitrogens is 1. The molecule has 0 saturated heterocycles. The highest BCUT2D eigenvalue weighted by Gasteiger charge is 2.03. The summed E-state index contributed by atoms with van der Waals surface area (Å²) in [5, 5.41) is 0. The fourth-order valence-electron chi connectivity index (χ4n) is 0.764. The average Bonchev–Trinajstić information content (AvgIpc) is 2.04. The van der Waals surface area contributed by atoms with Gasteiger partial charge in [0.2, 0.25) is 0 Å². The number of carbonyl (C=O) groups is 1. The van der Waals surface area contributed by atoms with E-state index in [1.807, 2.05) is 19.0 Å². The van der Waals surface area contributed by atoms with Crippen LogP contribution in [0.15, 0.2) is 12.3 Å². The van der Waals surface area contributed by atoms with Gasteiger partial charge in [0.1, 0.15) is 5.69 Å². The summed E-state index contributed by atoms with van der Waals surface area (Å²) in [4.78, 5) is 16.3. The average molecular weight is 164 g/mol. The maximum atomic E-state index is 10.7. The monoisotopic (exact) mass is 164 g/mol. The number of carbonyl (C=O) groups excluding carboxylic acids is 1. The molecule has 63 valence electrons. The molecule has 2 N–H and O–H groups in total. The zero-order chi connectivity index (χ0) is 9.14. The van der Waals surface area contributed by atoms with E-state index in [1.54, 1.807) is 6.07 Å². The number of nitrogens with zero attached hydrogens (tertiary/aromatic N) is 2. The van der Waals surface area contributed by atoms with Crippen LogP contribution >= 0.6 is 0 Å². The number of anilines is 1. The molecule has 4 heteroatoms. The SMILES string of the molecule is CN(C)c1[c]c(C(N)=O)ncc1. The molecule has 4 nitrogen and oxygen atoms in total. The molecule has 0 aromatic carbocycles. The highest BCUT2D eigenvalue weighted by molar-refractivity contribution is 5.91. The Morgan fingerprint density at radius 1 is 1.67 bits per heavy atom. The predicted molar refractivity (Wildman–Crippen MR) is 45.9 cm³/mol. The summed E-state index contributed by atoms with van der Waals surface area (Å²) >= 11 is 0. The van der Waals surface area contributed by atoms with Gasteiger partial charge >= 0.3 is 0 Å². The molecule has 1 amide bonds. The fourth-order valence-corrected chi connectivity index (χ4v) is 0.764. The number of hydrogen-bond donors (Lipinski definition) is 1. The maximum Gasteiger partial charge on any atom is 0.268 e. The van der Waals surface area contributed by atoms with E-state index in [1.165, 1.54) is 6.20 Å². The number of hydrogen-bond acceptors (Lipinski definition) is 3. The second kappa shape index (κ2) is 3.21. The first-order valence-corrected chi connectivity index (χ1v) is 3.46. The second-order valence-corrected chi connectivity index (χ2v) is 2.56. The molecule has 1 aromatic rings. The molecule has 0 aliphatic heterocycles. The van der Waals surface area contributed by atoms with Crippen molar-refractivity contribution in [1.29, 1.82) is 0 Å². The Balaban J connectivity index is 3.04. The zero-order valence-corrected chi connectivity index (χ0v) is 7.03. The minimum atomic E-state index is -0.557. The number of nitrogens with two attached hydrogens (primary N) is 1. The summed E-state index contributed by atoms with van der Waals surface area (Å²) in [5.74, 6) is -0.557. The number of pyridine rings is 1. The molecule has 0 spiro atoms. The van der Waals surface area contributed by atoms with E-state index in [4.69, 9.17) is 5.73 Å². The molecular weight excluding hydrogens is 154 g/mol. The molecule has 1 aromatic heterocycles. The van der Waals surface area contributed by atoms with Crippen LogP contribution in [0, 0.1) is 6.07 Å². The lowest BCUT2D eigenvalue weighted by Gasteiger charge is -2.11. The Morgan fingerprint density at radius 2 is 2.33 bits per heavy atom. The van der Waals surface area contributed by atoms with Gasteiger partial charge in [0.15, 0.2) is 0 Å². The lowest BCUT2D eigenvalue weighted by atomic mass is 10.3. The van der Waals surface area contributed by atoms with Gasteiger partial charge in [0.05, 0.1) is 0 Å². The minimum Gasteiger partial charge on any atom is -0.377 e. The van der Waals surface area contributed by atoms with Crippen molar-refractivity contribution < 1.29 is 4.79 Å². The van der Waals surface area contributed by atoms with Gasteiger partial charge in [-0.15, -0.1) is 0 Å². The highest BCUT2D eigenvalue weighted by atomic mass is 16.1. The molecule has 0 saturated carbocycles. The molecule has 0 unspecified atom stereocenters. The molecule has 0 aliphatic carbocycles. The van der Waals surface area contributed by atoms with E-state index < -0.39 is 5.91 Å². The lowest BCUT2D eigenvalue weighted by Crippen LogP contribution is -2.15. The summed E-state index contributed by atoms with van der Waals surface area (Å²) in [7, 11) is 3.72. The molecule has 0 atom stereocenters. The van der Waals surface area contributed by atoms with E-state index in [9.17, 15) is 4.79 Å².